The number of benzene rings is 2. The molecule has 168 valence electrons. The van der Waals surface area contributed by atoms with Crippen molar-refractivity contribution in [3.8, 4) is 5.75 Å². The maximum atomic E-state index is 11.7. The van der Waals surface area contributed by atoms with Crippen LogP contribution in [0, 0.1) is 0 Å². The van der Waals surface area contributed by atoms with E-state index >= 15 is 0 Å². The van der Waals surface area contributed by atoms with E-state index in [0.717, 1.165) is 12.1 Å². The number of nitrogens with two attached hydrogens (primary N) is 1. The number of rotatable bonds is 3. The molecule has 0 unspecified atom stereocenters. The van der Waals surface area contributed by atoms with Crippen molar-refractivity contribution in [3.05, 3.63) is 65.7 Å². The zero-order valence-electron chi connectivity index (χ0n) is 16.3. The molecule has 0 aliphatic carbocycles. The molecule has 0 heterocycles. The van der Waals surface area contributed by atoms with Crippen LogP contribution in [-0.2, 0) is 0 Å². The molecule has 0 aliphatic heterocycles. The van der Waals surface area contributed by atoms with Gasteiger partial charge in [-0.25, -0.2) is 0 Å². The van der Waals surface area contributed by atoms with E-state index in [0.29, 0.717) is 5.56 Å². The van der Waals surface area contributed by atoms with E-state index in [1.165, 1.54) is 12.1 Å². The summed E-state index contributed by atoms with van der Waals surface area (Å²) in [6, 6.07) is 13.3. The number of carbonyl (C=O) groups excluding carboxylic acids is 2. The van der Waals surface area contributed by atoms with Gasteiger partial charge in [-0.15, -0.1) is 25.6 Å². The summed E-state index contributed by atoms with van der Waals surface area (Å²) < 4.78 is 38.8. The Morgan fingerprint density at radius 1 is 0.900 bits per heavy atom. The molecule has 5 nitrogen and oxygen atoms in total. The van der Waals surface area contributed by atoms with Crippen LogP contribution in [0.15, 0.2) is 54.6 Å². The standard InChI is InChI=1S/C8H4ClF3O2.C7H5ClO.C4H12N2.ClH/c9-7(13)5-2-1-3-6(4-5)14-8(10,11)12;8-7(9)6-4-2-1-3-5-6;1-4(2,3)6-5;/h1-4H;1-5H;6H,5H2,1-3H3;1H. The minimum atomic E-state index is -4.77. The Balaban J connectivity index is 0. The average Bonchev–Trinajstić information content (AvgIpc) is 2.61. The molecule has 30 heavy (non-hydrogen) atoms. The maximum absolute atomic E-state index is 11.7. The maximum Gasteiger partial charge on any atom is 0.573 e. The van der Waals surface area contributed by atoms with Gasteiger partial charge < -0.3 is 4.74 Å². The molecule has 0 fully saturated rings. The lowest BCUT2D eigenvalue weighted by Crippen LogP contribution is -2.41. The molecule has 0 aliphatic rings. The number of carbonyl (C=O) groups is 2. The van der Waals surface area contributed by atoms with Gasteiger partial charge in [0.25, 0.3) is 10.5 Å². The highest BCUT2D eigenvalue weighted by molar-refractivity contribution is 6.68. The monoisotopic (exact) mass is 488 g/mol. The first-order valence-electron chi connectivity index (χ1n) is 8.03. The van der Waals surface area contributed by atoms with Crippen molar-refractivity contribution in [2.45, 2.75) is 32.7 Å². The minimum absolute atomic E-state index is 0. The van der Waals surface area contributed by atoms with Gasteiger partial charge in [-0.05, 0) is 62.2 Å². The normalized spacial score (nSPS) is 10.3. The third-order valence-corrected chi connectivity index (χ3v) is 3.16. The summed E-state index contributed by atoms with van der Waals surface area (Å²) in [5, 5.41) is -1.24. The molecular formula is C19H22Cl3F3N2O3. The Kier molecular flexibility index (Phi) is 14.4. The van der Waals surface area contributed by atoms with Crippen molar-refractivity contribution in [1.82, 2.24) is 5.43 Å². The SMILES string of the molecule is CC(C)(C)NN.Cl.O=C(Cl)c1cccc(OC(F)(F)F)c1.O=C(Cl)c1ccccc1. The van der Waals surface area contributed by atoms with Gasteiger partial charge in [-0.1, -0.05) is 36.4 Å². The van der Waals surface area contributed by atoms with E-state index in [1.54, 1.807) is 24.3 Å². The zero-order valence-corrected chi connectivity index (χ0v) is 18.6. The van der Waals surface area contributed by atoms with Crippen molar-refractivity contribution in [1.29, 1.82) is 0 Å². The van der Waals surface area contributed by atoms with Crippen LogP contribution in [0.25, 0.3) is 0 Å². The topological polar surface area (TPSA) is 81.4 Å². The van der Waals surface area contributed by atoms with Crippen molar-refractivity contribution in [3.63, 3.8) is 0 Å². The van der Waals surface area contributed by atoms with E-state index in [2.05, 4.69) is 10.2 Å². The Morgan fingerprint density at radius 3 is 1.67 bits per heavy atom. The molecule has 0 aromatic heterocycles. The van der Waals surface area contributed by atoms with Gasteiger partial charge in [-0.2, -0.15) is 0 Å². The fraction of sp³-hybridized carbons (Fsp3) is 0.263. The summed E-state index contributed by atoms with van der Waals surface area (Å²) in [7, 11) is 0. The number of ether oxygens (including phenoxy) is 1. The first-order chi connectivity index (χ1) is 13.2. The van der Waals surface area contributed by atoms with Crippen LogP contribution in [0.5, 0.6) is 5.75 Å². The average molecular weight is 490 g/mol. The lowest BCUT2D eigenvalue weighted by Gasteiger charge is -2.14. The first-order valence-corrected chi connectivity index (χ1v) is 8.79. The van der Waals surface area contributed by atoms with Crippen molar-refractivity contribution < 1.29 is 27.5 Å². The van der Waals surface area contributed by atoms with Crippen LogP contribution in [0.2, 0.25) is 0 Å². The van der Waals surface area contributed by atoms with E-state index in [4.69, 9.17) is 29.0 Å². The fourth-order valence-electron chi connectivity index (χ4n) is 1.38. The Hall–Kier alpha value is -1.84. The van der Waals surface area contributed by atoms with Gasteiger partial charge in [0.15, 0.2) is 0 Å². The molecule has 0 amide bonds. The van der Waals surface area contributed by atoms with E-state index in [9.17, 15) is 22.8 Å². The Morgan fingerprint density at radius 2 is 1.33 bits per heavy atom. The summed E-state index contributed by atoms with van der Waals surface area (Å²) in [5.41, 5.74) is 3.17. The molecule has 2 rings (SSSR count). The summed E-state index contributed by atoms with van der Waals surface area (Å²) in [6.45, 7) is 6.02. The highest BCUT2D eigenvalue weighted by Crippen LogP contribution is 2.23. The molecule has 0 saturated heterocycles. The van der Waals surface area contributed by atoms with Crippen LogP contribution in [-0.4, -0.2) is 22.4 Å². The minimum Gasteiger partial charge on any atom is -0.406 e. The molecule has 2 aromatic carbocycles. The molecule has 11 heteroatoms. The third kappa shape index (κ3) is 16.0. The van der Waals surface area contributed by atoms with Crippen LogP contribution < -0.4 is 16.0 Å². The van der Waals surface area contributed by atoms with Gasteiger partial charge >= 0.3 is 6.36 Å². The van der Waals surface area contributed by atoms with Gasteiger partial charge in [-0.3, -0.25) is 20.9 Å². The van der Waals surface area contributed by atoms with Crippen LogP contribution in [0.1, 0.15) is 41.5 Å². The Labute approximate surface area is 189 Å². The predicted molar refractivity (Wildman–Crippen MR) is 114 cm³/mol. The van der Waals surface area contributed by atoms with Gasteiger partial charge in [0.05, 0.1) is 0 Å². The van der Waals surface area contributed by atoms with Crippen molar-refractivity contribution >= 4 is 46.1 Å². The van der Waals surface area contributed by atoms with E-state index in [-0.39, 0.29) is 23.5 Å². The van der Waals surface area contributed by atoms with E-state index in [1.807, 2.05) is 26.8 Å². The summed E-state index contributed by atoms with van der Waals surface area (Å²) in [6.07, 6.45) is -4.77. The highest BCUT2D eigenvalue weighted by Gasteiger charge is 2.31. The molecule has 0 radical (unpaired) electrons. The summed E-state index contributed by atoms with van der Waals surface area (Å²) in [5.74, 6) is 4.59. The largest absolute Gasteiger partial charge is 0.573 e. The smallest absolute Gasteiger partial charge is 0.406 e. The second-order valence-electron chi connectivity index (χ2n) is 6.38. The lowest BCUT2D eigenvalue weighted by atomic mass is 10.1. The second-order valence-corrected chi connectivity index (χ2v) is 7.07. The Bertz CT molecular complexity index is 784. The molecule has 0 bridgehead atoms. The first kappa shape index (κ1) is 30.4. The fourth-order valence-corrected chi connectivity index (χ4v) is 1.63. The van der Waals surface area contributed by atoms with Crippen LogP contribution >= 0.6 is 35.6 Å². The van der Waals surface area contributed by atoms with Crippen LogP contribution in [0.4, 0.5) is 13.2 Å². The molecule has 0 saturated carbocycles. The number of hydrogen-bond donors (Lipinski definition) is 2. The van der Waals surface area contributed by atoms with E-state index < -0.39 is 22.6 Å². The predicted octanol–water partition coefficient (Wildman–Crippen LogP) is 5.70. The number of nitrogens with one attached hydrogen (secondary N) is 1. The number of hydrazine groups is 1. The third-order valence-electron chi connectivity index (χ3n) is 2.73. The van der Waals surface area contributed by atoms with Gasteiger partial charge in [0.2, 0.25) is 0 Å². The van der Waals surface area contributed by atoms with Gasteiger partial charge in [0, 0.05) is 16.7 Å². The molecule has 0 spiro atoms. The van der Waals surface area contributed by atoms with Crippen molar-refractivity contribution in [2.75, 3.05) is 0 Å². The molecule has 0 atom stereocenters. The quantitative estimate of drug-likeness (QED) is 0.328. The number of alkyl halides is 3. The number of halogens is 6. The molecule has 3 N–H and O–H groups in total. The second kappa shape index (κ2) is 14.2. The molecular weight excluding hydrogens is 468 g/mol. The number of hydrogen-bond acceptors (Lipinski definition) is 5. The summed E-state index contributed by atoms with van der Waals surface area (Å²) >= 11 is 10.2. The lowest BCUT2D eigenvalue weighted by molar-refractivity contribution is -0.274. The van der Waals surface area contributed by atoms with Crippen LogP contribution in [0.3, 0.4) is 0 Å². The zero-order chi connectivity index (χ0) is 22.7. The van der Waals surface area contributed by atoms with Crippen molar-refractivity contribution in [2.24, 2.45) is 5.84 Å². The van der Waals surface area contributed by atoms with Gasteiger partial charge in [0.1, 0.15) is 5.75 Å². The summed E-state index contributed by atoms with van der Waals surface area (Å²) in [4.78, 5) is 21.0. The highest BCUT2D eigenvalue weighted by atomic mass is 35.5. The molecule has 2 aromatic rings.